The minimum Gasteiger partial charge on any atom is -0.386 e. The van der Waals surface area contributed by atoms with Crippen LogP contribution in [0.25, 0.3) is 5.69 Å². The Labute approximate surface area is 182 Å². The lowest BCUT2D eigenvalue weighted by Gasteiger charge is -2.29. The van der Waals surface area contributed by atoms with E-state index >= 15 is 0 Å². The second-order valence-corrected chi connectivity index (χ2v) is 7.87. The number of fused-ring (bicyclic) bond motifs is 1. The van der Waals surface area contributed by atoms with E-state index in [1.54, 1.807) is 35.3 Å². The first-order valence-corrected chi connectivity index (χ1v) is 10.3. The first kappa shape index (κ1) is 20.0. The summed E-state index contributed by atoms with van der Waals surface area (Å²) in [5.74, 6) is -0.995. The molecule has 0 saturated carbocycles. The van der Waals surface area contributed by atoms with Crippen molar-refractivity contribution in [3.8, 4) is 5.69 Å². The van der Waals surface area contributed by atoms with Gasteiger partial charge in [0.15, 0.2) is 0 Å². The molecule has 32 heavy (non-hydrogen) atoms. The molecule has 0 aliphatic carbocycles. The second-order valence-electron chi connectivity index (χ2n) is 7.87. The van der Waals surface area contributed by atoms with Crippen molar-refractivity contribution >= 4 is 17.7 Å². The van der Waals surface area contributed by atoms with Gasteiger partial charge >= 0.3 is 0 Å². The number of carbonyl (C=O) groups excluding carboxylic acids is 3. The maximum atomic E-state index is 13.0. The lowest BCUT2D eigenvalue weighted by atomic mass is 10.0. The molecule has 162 valence electrons. The molecular weight excluding hydrogens is 412 g/mol. The molecule has 0 bridgehead atoms. The van der Waals surface area contributed by atoms with Crippen LogP contribution in [-0.2, 0) is 22.6 Å². The number of aliphatic hydroxyl groups is 1. The van der Waals surface area contributed by atoms with Crippen molar-refractivity contribution in [2.45, 2.75) is 38.0 Å². The topological polar surface area (TPSA) is 130 Å². The molecule has 0 radical (unpaired) electrons. The Bertz CT molecular complexity index is 1210. The van der Waals surface area contributed by atoms with Gasteiger partial charge in [0.2, 0.25) is 11.8 Å². The Morgan fingerprint density at radius 2 is 2.06 bits per heavy atom. The standard InChI is InChI=1S/C22H20N6O4/c29-19(17-3-1-2-8-23-17)9-14-12-28(26-25-14)15-5-4-13-11-27(22(32)16(13)10-15)18-6-7-20(30)24-21(18)31/h1-5,8,10,12,18-19,29H,6-7,9,11H2,(H,24,30,31). The molecule has 10 nitrogen and oxygen atoms in total. The first-order valence-electron chi connectivity index (χ1n) is 10.3. The largest absolute Gasteiger partial charge is 0.386 e. The summed E-state index contributed by atoms with van der Waals surface area (Å²) >= 11 is 0. The molecule has 2 aliphatic rings. The van der Waals surface area contributed by atoms with Crippen LogP contribution in [0.2, 0.25) is 0 Å². The minimum atomic E-state index is -0.801. The first-order chi connectivity index (χ1) is 15.5. The van der Waals surface area contributed by atoms with Crippen molar-refractivity contribution in [1.29, 1.82) is 0 Å². The lowest BCUT2D eigenvalue weighted by Crippen LogP contribution is -2.52. The highest BCUT2D eigenvalue weighted by Crippen LogP contribution is 2.29. The van der Waals surface area contributed by atoms with Gasteiger partial charge in [-0.1, -0.05) is 17.3 Å². The van der Waals surface area contributed by atoms with Crippen LogP contribution in [0.3, 0.4) is 0 Å². The van der Waals surface area contributed by atoms with Gasteiger partial charge < -0.3 is 10.0 Å². The predicted octanol–water partition coefficient (Wildman–Crippen LogP) is 0.699. The number of carbonyl (C=O) groups is 3. The van der Waals surface area contributed by atoms with Crippen molar-refractivity contribution in [1.82, 2.24) is 30.2 Å². The molecule has 1 saturated heterocycles. The molecule has 1 fully saturated rings. The van der Waals surface area contributed by atoms with E-state index in [1.807, 2.05) is 18.2 Å². The van der Waals surface area contributed by atoms with Gasteiger partial charge in [0, 0.05) is 31.1 Å². The van der Waals surface area contributed by atoms with Gasteiger partial charge in [0.05, 0.1) is 23.3 Å². The third-order valence-corrected chi connectivity index (χ3v) is 5.75. The fourth-order valence-electron chi connectivity index (χ4n) is 4.08. The van der Waals surface area contributed by atoms with Gasteiger partial charge in [0.25, 0.3) is 5.91 Å². The van der Waals surface area contributed by atoms with Gasteiger partial charge in [-0.25, -0.2) is 4.68 Å². The Morgan fingerprint density at radius 3 is 2.84 bits per heavy atom. The summed E-state index contributed by atoms with van der Waals surface area (Å²) < 4.78 is 1.54. The van der Waals surface area contributed by atoms with Crippen LogP contribution in [0.5, 0.6) is 0 Å². The summed E-state index contributed by atoms with van der Waals surface area (Å²) in [5.41, 5.74) is 3.10. The Morgan fingerprint density at radius 1 is 1.19 bits per heavy atom. The second kappa shape index (κ2) is 7.97. The molecule has 2 N–H and O–H groups in total. The van der Waals surface area contributed by atoms with Crippen LogP contribution in [-0.4, -0.2) is 53.7 Å². The van der Waals surface area contributed by atoms with Crippen LogP contribution in [0.4, 0.5) is 0 Å². The van der Waals surface area contributed by atoms with Crippen molar-refractivity contribution in [2.75, 3.05) is 0 Å². The molecule has 3 amide bonds. The number of piperidine rings is 1. The Kier molecular flexibility index (Phi) is 4.98. The fraction of sp³-hybridized carbons (Fsp3) is 0.273. The van der Waals surface area contributed by atoms with Gasteiger partial charge in [0.1, 0.15) is 12.1 Å². The number of hydrogen-bond donors (Lipinski definition) is 2. The Hall–Kier alpha value is -3.92. The van der Waals surface area contributed by atoms with Crippen molar-refractivity contribution in [3.05, 3.63) is 71.3 Å². The molecule has 1 aromatic carbocycles. The maximum absolute atomic E-state index is 13.0. The highest BCUT2D eigenvalue weighted by atomic mass is 16.3. The quantitative estimate of drug-likeness (QED) is 0.568. The van der Waals surface area contributed by atoms with Crippen molar-refractivity contribution < 1.29 is 19.5 Å². The van der Waals surface area contributed by atoms with Crippen LogP contribution < -0.4 is 5.32 Å². The Balaban J connectivity index is 1.33. The van der Waals surface area contributed by atoms with Gasteiger partial charge in [-0.15, -0.1) is 5.10 Å². The predicted molar refractivity (Wildman–Crippen MR) is 110 cm³/mol. The summed E-state index contributed by atoms with van der Waals surface area (Å²) in [4.78, 5) is 42.3. The molecule has 2 atom stereocenters. The van der Waals surface area contributed by atoms with Crippen molar-refractivity contribution in [2.24, 2.45) is 0 Å². The fourth-order valence-corrected chi connectivity index (χ4v) is 4.08. The number of imide groups is 1. The molecule has 2 aromatic heterocycles. The van der Waals surface area contributed by atoms with Gasteiger partial charge in [-0.2, -0.15) is 0 Å². The summed E-state index contributed by atoms with van der Waals surface area (Å²) in [7, 11) is 0. The number of aliphatic hydroxyl groups excluding tert-OH is 1. The van der Waals surface area contributed by atoms with E-state index in [1.165, 1.54) is 4.90 Å². The zero-order chi connectivity index (χ0) is 22.2. The van der Waals surface area contributed by atoms with Crippen LogP contribution in [0.15, 0.2) is 48.8 Å². The number of nitrogens with one attached hydrogen (secondary N) is 1. The van der Waals surface area contributed by atoms with E-state index < -0.39 is 18.1 Å². The number of benzene rings is 1. The van der Waals surface area contributed by atoms with Crippen LogP contribution in [0, 0.1) is 0 Å². The molecule has 10 heteroatoms. The zero-order valence-corrected chi connectivity index (χ0v) is 17.0. The molecule has 5 rings (SSSR count). The lowest BCUT2D eigenvalue weighted by molar-refractivity contribution is -0.136. The smallest absolute Gasteiger partial charge is 0.255 e. The minimum absolute atomic E-state index is 0.216. The molecule has 0 spiro atoms. The third kappa shape index (κ3) is 3.65. The number of amides is 3. The van der Waals surface area contributed by atoms with E-state index in [2.05, 4.69) is 20.6 Å². The number of rotatable bonds is 5. The van der Waals surface area contributed by atoms with E-state index in [0.717, 1.165) is 5.56 Å². The summed E-state index contributed by atoms with van der Waals surface area (Å²) in [6, 6.07) is 10.1. The summed E-state index contributed by atoms with van der Waals surface area (Å²) in [6.07, 6.45) is 3.31. The number of hydrogen-bond acceptors (Lipinski definition) is 7. The van der Waals surface area contributed by atoms with E-state index in [-0.39, 0.29) is 24.7 Å². The molecular formula is C22H20N6O4. The van der Waals surface area contributed by atoms with Crippen LogP contribution in [0.1, 0.15) is 46.3 Å². The average molecular weight is 432 g/mol. The number of nitrogens with zero attached hydrogens (tertiary/aromatic N) is 5. The molecule has 4 heterocycles. The zero-order valence-electron chi connectivity index (χ0n) is 17.0. The highest BCUT2D eigenvalue weighted by Gasteiger charge is 2.39. The molecule has 2 aliphatic heterocycles. The molecule has 3 aromatic rings. The average Bonchev–Trinajstić information content (AvgIpc) is 3.39. The summed E-state index contributed by atoms with van der Waals surface area (Å²) in [5, 5.41) is 20.9. The van der Waals surface area contributed by atoms with E-state index in [0.29, 0.717) is 35.6 Å². The normalized spacial score (nSPS) is 19.1. The van der Waals surface area contributed by atoms with Crippen LogP contribution >= 0.6 is 0 Å². The number of aromatic nitrogens is 4. The van der Waals surface area contributed by atoms with Crippen molar-refractivity contribution in [3.63, 3.8) is 0 Å². The SMILES string of the molecule is O=C1CCC(N2Cc3ccc(-n4cc(CC(O)c5ccccn5)nn4)cc3C2=O)C(=O)N1. The molecule has 2 unspecified atom stereocenters. The summed E-state index contributed by atoms with van der Waals surface area (Å²) in [6.45, 7) is 0.319. The third-order valence-electron chi connectivity index (χ3n) is 5.75. The highest BCUT2D eigenvalue weighted by molar-refractivity contribution is 6.05. The van der Waals surface area contributed by atoms with E-state index in [9.17, 15) is 19.5 Å². The van der Waals surface area contributed by atoms with E-state index in [4.69, 9.17) is 0 Å². The number of pyridine rings is 1. The maximum Gasteiger partial charge on any atom is 0.255 e. The van der Waals surface area contributed by atoms with Gasteiger partial charge in [-0.05, 0) is 36.2 Å². The monoisotopic (exact) mass is 432 g/mol. The van der Waals surface area contributed by atoms with Gasteiger partial charge in [-0.3, -0.25) is 24.7 Å².